The minimum absolute atomic E-state index is 0.00829. The lowest BCUT2D eigenvalue weighted by atomic mass is 9.77. The first-order valence-electron chi connectivity index (χ1n) is 12.9. The molecule has 3 N–H and O–H groups in total. The van der Waals surface area contributed by atoms with Gasteiger partial charge in [-0.05, 0) is 42.3 Å². The van der Waals surface area contributed by atoms with Crippen molar-refractivity contribution >= 4 is 18.1 Å². The molecule has 2 aliphatic rings. The number of methoxy groups -OCH3 is 3. The molecule has 0 bridgehead atoms. The van der Waals surface area contributed by atoms with Crippen LogP contribution in [0.1, 0.15) is 27.4 Å². The summed E-state index contributed by atoms with van der Waals surface area (Å²) < 4.78 is 22.1. The number of hydrogen-bond donors (Lipinski definition) is 3. The van der Waals surface area contributed by atoms with Gasteiger partial charge >= 0.3 is 0 Å². The van der Waals surface area contributed by atoms with E-state index in [1.807, 2.05) is 24.3 Å². The van der Waals surface area contributed by atoms with Crippen molar-refractivity contribution in [2.75, 3.05) is 47.6 Å². The Bertz CT molecular complexity index is 1280. The Morgan fingerprint density at radius 2 is 1.95 bits per heavy atom. The van der Waals surface area contributed by atoms with E-state index < -0.39 is 30.1 Å². The topological polar surface area (TPSA) is 144 Å². The second kappa shape index (κ2) is 12.9. The summed E-state index contributed by atoms with van der Waals surface area (Å²) in [5.74, 6) is -0.328. The molecule has 4 rings (SSSR count). The van der Waals surface area contributed by atoms with Gasteiger partial charge in [0.1, 0.15) is 30.9 Å². The zero-order chi connectivity index (χ0) is 28.8. The third-order valence-electron chi connectivity index (χ3n) is 7.13. The molecule has 11 heteroatoms. The van der Waals surface area contributed by atoms with Crippen molar-refractivity contribution in [2.45, 2.75) is 30.6 Å². The normalized spacial score (nSPS) is 20.9. The first-order chi connectivity index (χ1) is 19.4. The number of benzene rings is 2. The summed E-state index contributed by atoms with van der Waals surface area (Å²) in [6, 6.07) is 9.63. The van der Waals surface area contributed by atoms with Gasteiger partial charge in [0.25, 0.3) is 0 Å². The molecular formula is C29H34N2O9. The minimum Gasteiger partial charge on any atom is -0.497 e. The Kier molecular flexibility index (Phi) is 9.41. The maximum atomic E-state index is 13.4. The molecule has 40 heavy (non-hydrogen) atoms. The predicted molar refractivity (Wildman–Crippen MR) is 144 cm³/mol. The van der Waals surface area contributed by atoms with E-state index in [1.54, 1.807) is 19.3 Å². The molecule has 214 valence electrons. The van der Waals surface area contributed by atoms with Gasteiger partial charge in [0.2, 0.25) is 11.8 Å². The molecule has 2 amide bonds. The number of rotatable bonds is 12. The maximum Gasteiger partial charge on any atom is 0.249 e. The lowest BCUT2D eigenvalue weighted by molar-refractivity contribution is -0.141. The summed E-state index contributed by atoms with van der Waals surface area (Å²) >= 11 is 0. The molecule has 0 radical (unpaired) electrons. The van der Waals surface area contributed by atoms with Gasteiger partial charge in [-0.15, -0.1) is 0 Å². The molecule has 0 saturated carbocycles. The van der Waals surface area contributed by atoms with Crippen LogP contribution in [-0.2, 0) is 20.7 Å². The highest BCUT2D eigenvalue weighted by atomic mass is 16.5. The number of carbonyl (C=O) groups excluding carboxylic acids is 3. The maximum absolute atomic E-state index is 13.4. The molecule has 4 atom stereocenters. The van der Waals surface area contributed by atoms with Crippen molar-refractivity contribution in [3.8, 4) is 17.2 Å². The van der Waals surface area contributed by atoms with Crippen LogP contribution < -0.4 is 19.5 Å². The number of fused-ring (bicyclic) bond motifs is 3. The third-order valence-corrected chi connectivity index (χ3v) is 7.13. The SMILES string of the molecule is COCC(=O)N(CCc1cccc(OC)c1)C1C=C(C(=O)NCCO)C2c3cc(C=O)cc(OC)c3OC2C1O. The van der Waals surface area contributed by atoms with Gasteiger partial charge in [0.15, 0.2) is 11.5 Å². The van der Waals surface area contributed by atoms with Crippen LogP contribution in [0, 0.1) is 0 Å². The quantitative estimate of drug-likeness (QED) is 0.326. The first-order valence-corrected chi connectivity index (χ1v) is 12.9. The zero-order valence-corrected chi connectivity index (χ0v) is 22.7. The lowest BCUT2D eigenvalue weighted by Gasteiger charge is -2.40. The second-order valence-corrected chi connectivity index (χ2v) is 9.52. The van der Waals surface area contributed by atoms with Gasteiger partial charge in [-0.3, -0.25) is 14.4 Å². The van der Waals surface area contributed by atoms with Crippen LogP contribution in [0.3, 0.4) is 0 Å². The number of nitrogens with zero attached hydrogens (tertiary/aromatic N) is 1. The monoisotopic (exact) mass is 554 g/mol. The van der Waals surface area contributed by atoms with E-state index in [-0.39, 0.29) is 37.8 Å². The highest BCUT2D eigenvalue weighted by Gasteiger charge is 2.51. The van der Waals surface area contributed by atoms with Gasteiger partial charge in [-0.25, -0.2) is 0 Å². The number of aldehydes is 1. The summed E-state index contributed by atoms with van der Waals surface area (Å²) in [7, 11) is 4.41. The number of hydrogen-bond acceptors (Lipinski definition) is 9. The standard InChI is InChI=1S/C29H34N2O9/c1-37-16-24(34)31(9-7-17-5-4-6-19(11-17)38-2)22-14-21(29(36)30-8-10-32)25-20-12-18(15-33)13-23(39-3)27(20)40-28(25)26(22)35/h4-6,11-15,22,25-26,28,32,35H,7-10,16H2,1-3H3,(H,30,36). The van der Waals surface area contributed by atoms with Crippen LogP contribution in [-0.4, -0.2) is 99.1 Å². The summed E-state index contributed by atoms with van der Waals surface area (Å²) in [6.07, 6.45) is 0.488. The van der Waals surface area contributed by atoms with Gasteiger partial charge in [-0.1, -0.05) is 12.1 Å². The fourth-order valence-electron chi connectivity index (χ4n) is 5.28. The van der Waals surface area contributed by atoms with Crippen LogP contribution in [0.2, 0.25) is 0 Å². The molecule has 11 nitrogen and oxygen atoms in total. The van der Waals surface area contributed by atoms with E-state index in [1.165, 1.54) is 25.2 Å². The molecule has 1 heterocycles. The number of ether oxygens (including phenoxy) is 4. The van der Waals surface area contributed by atoms with Crippen molar-refractivity contribution in [1.82, 2.24) is 10.2 Å². The Hall–Kier alpha value is -3.93. The fourth-order valence-corrected chi connectivity index (χ4v) is 5.28. The first kappa shape index (κ1) is 29.1. The molecular weight excluding hydrogens is 520 g/mol. The largest absolute Gasteiger partial charge is 0.497 e. The second-order valence-electron chi connectivity index (χ2n) is 9.52. The van der Waals surface area contributed by atoms with E-state index in [9.17, 15) is 24.6 Å². The van der Waals surface area contributed by atoms with E-state index in [0.29, 0.717) is 41.1 Å². The number of amides is 2. The van der Waals surface area contributed by atoms with Crippen LogP contribution >= 0.6 is 0 Å². The molecule has 0 saturated heterocycles. The number of aliphatic hydroxyl groups excluding tert-OH is 2. The smallest absolute Gasteiger partial charge is 0.249 e. The molecule has 0 spiro atoms. The molecule has 2 aromatic rings. The number of aliphatic hydroxyl groups is 2. The van der Waals surface area contributed by atoms with Gasteiger partial charge < -0.3 is 39.4 Å². The average molecular weight is 555 g/mol. The van der Waals surface area contributed by atoms with Crippen molar-refractivity contribution in [3.05, 3.63) is 64.7 Å². The fraction of sp³-hybridized carbons (Fsp3) is 0.414. The van der Waals surface area contributed by atoms with E-state index in [0.717, 1.165) is 5.56 Å². The highest BCUT2D eigenvalue weighted by molar-refractivity contribution is 5.96. The van der Waals surface area contributed by atoms with Crippen molar-refractivity contribution in [3.63, 3.8) is 0 Å². The summed E-state index contributed by atoms with van der Waals surface area (Å²) in [5, 5.41) is 23.6. The highest BCUT2D eigenvalue weighted by Crippen LogP contribution is 2.51. The molecule has 0 fully saturated rings. The van der Waals surface area contributed by atoms with E-state index in [2.05, 4.69) is 5.32 Å². The van der Waals surface area contributed by atoms with E-state index in [4.69, 9.17) is 18.9 Å². The van der Waals surface area contributed by atoms with Gasteiger partial charge in [0, 0.05) is 36.9 Å². The molecule has 1 aliphatic heterocycles. The molecule has 1 aliphatic carbocycles. The Morgan fingerprint density at radius 3 is 2.62 bits per heavy atom. The van der Waals surface area contributed by atoms with Gasteiger partial charge in [-0.2, -0.15) is 0 Å². The predicted octanol–water partition coefficient (Wildman–Crippen LogP) is 0.857. The molecule has 4 unspecified atom stereocenters. The zero-order valence-electron chi connectivity index (χ0n) is 22.7. The third kappa shape index (κ3) is 5.81. The van der Waals surface area contributed by atoms with Gasteiger partial charge in [0.05, 0.1) is 32.8 Å². The van der Waals surface area contributed by atoms with Crippen molar-refractivity contribution in [2.24, 2.45) is 0 Å². The summed E-state index contributed by atoms with van der Waals surface area (Å²) in [4.78, 5) is 39.8. The average Bonchev–Trinajstić information content (AvgIpc) is 3.36. The number of carbonyl (C=O) groups is 3. The lowest BCUT2D eigenvalue weighted by Crippen LogP contribution is -2.56. The Labute approximate surface area is 232 Å². The van der Waals surface area contributed by atoms with Crippen LogP contribution in [0.15, 0.2) is 48.0 Å². The molecule has 2 aromatic carbocycles. The minimum atomic E-state index is -1.23. The van der Waals surface area contributed by atoms with E-state index >= 15 is 0 Å². The number of nitrogens with one attached hydrogen (secondary N) is 1. The Balaban J connectivity index is 1.76. The van der Waals surface area contributed by atoms with Crippen LogP contribution in [0.25, 0.3) is 0 Å². The van der Waals surface area contributed by atoms with Crippen molar-refractivity contribution < 1.29 is 43.5 Å². The molecule has 0 aromatic heterocycles. The Morgan fingerprint density at radius 1 is 1.15 bits per heavy atom. The summed E-state index contributed by atoms with van der Waals surface area (Å²) in [6.45, 7) is -0.280. The van der Waals surface area contributed by atoms with Crippen LogP contribution in [0.5, 0.6) is 17.2 Å². The summed E-state index contributed by atoms with van der Waals surface area (Å²) in [5.41, 5.74) is 2.00. The van der Waals surface area contributed by atoms with Crippen LogP contribution in [0.4, 0.5) is 0 Å². The van der Waals surface area contributed by atoms with Crippen molar-refractivity contribution in [1.29, 1.82) is 0 Å².